The van der Waals surface area contributed by atoms with E-state index in [2.05, 4.69) is 5.32 Å². The molecule has 0 radical (unpaired) electrons. The normalized spacial score (nSPS) is 18.1. The van der Waals surface area contributed by atoms with Crippen molar-refractivity contribution < 1.29 is 18.7 Å². The van der Waals surface area contributed by atoms with Crippen molar-refractivity contribution in [1.82, 2.24) is 9.80 Å². The Kier molecular flexibility index (Phi) is 5.71. The number of hydrogen-bond donors (Lipinski definition) is 1. The minimum Gasteiger partial charge on any atom is -0.492 e. The Labute approximate surface area is 174 Å². The number of amides is 3. The van der Waals surface area contributed by atoms with Gasteiger partial charge in [-0.15, -0.1) is 11.8 Å². The molecule has 0 saturated carbocycles. The van der Waals surface area contributed by atoms with E-state index in [4.69, 9.17) is 9.15 Å². The van der Waals surface area contributed by atoms with E-state index >= 15 is 0 Å². The number of carbonyl (C=O) groups is 2. The van der Waals surface area contributed by atoms with Crippen LogP contribution in [0.3, 0.4) is 0 Å². The summed E-state index contributed by atoms with van der Waals surface area (Å²) in [5.41, 5.74) is 0.671. The second kappa shape index (κ2) is 8.41. The predicted octanol–water partition coefficient (Wildman–Crippen LogP) is 3.89. The fourth-order valence-corrected chi connectivity index (χ4v) is 5.40. The highest BCUT2D eigenvalue weighted by atomic mass is 32.2. The van der Waals surface area contributed by atoms with Crippen molar-refractivity contribution in [2.45, 2.75) is 24.6 Å². The van der Waals surface area contributed by atoms with Gasteiger partial charge in [0.1, 0.15) is 5.75 Å². The quantitative estimate of drug-likeness (QED) is 0.820. The summed E-state index contributed by atoms with van der Waals surface area (Å²) < 4.78 is 10.9. The maximum Gasteiger partial charge on any atom is 0.321 e. The number of hydrogen-bond acceptors (Lipinski definition) is 5. The third-order valence-electron chi connectivity index (χ3n) is 5.42. The highest BCUT2D eigenvalue weighted by Crippen LogP contribution is 2.44. The Hall–Kier alpha value is -2.61. The Morgan fingerprint density at radius 2 is 1.97 bits per heavy atom. The maximum absolute atomic E-state index is 12.8. The van der Waals surface area contributed by atoms with Gasteiger partial charge < -0.3 is 24.3 Å². The van der Waals surface area contributed by atoms with Gasteiger partial charge in [-0.1, -0.05) is 12.1 Å². The number of nitrogens with one attached hydrogen (secondary N) is 1. The largest absolute Gasteiger partial charge is 0.492 e. The molecular weight excluding hydrogens is 390 g/mol. The van der Waals surface area contributed by atoms with Gasteiger partial charge in [0.15, 0.2) is 5.76 Å². The second-order valence-electron chi connectivity index (χ2n) is 7.08. The molecule has 2 aliphatic heterocycles. The molecule has 2 aliphatic rings. The standard InChI is InChI=1S/C21H25N3O4S/c1-2-27-17-7-4-3-6-16(17)22-20(26)23-11-9-21(10-12-23)24(13-15-29-21)19(25)18-8-5-14-28-18/h3-8,14H,2,9-13,15H2,1H3,(H,22,26). The van der Waals surface area contributed by atoms with Crippen molar-refractivity contribution in [2.24, 2.45) is 0 Å². The number of nitrogens with zero attached hydrogens (tertiary/aromatic N) is 2. The molecule has 0 atom stereocenters. The summed E-state index contributed by atoms with van der Waals surface area (Å²) in [7, 11) is 0. The van der Waals surface area contributed by atoms with E-state index in [0.717, 1.165) is 18.6 Å². The van der Waals surface area contributed by atoms with Gasteiger partial charge in [0.25, 0.3) is 5.91 Å². The summed E-state index contributed by atoms with van der Waals surface area (Å²) in [4.78, 5) is 29.1. The van der Waals surface area contributed by atoms with E-state index < -0.39 is 0 Å². The number of para-hydroxylation sites is 2. The third kappa shape index (κ3) is 3.94. The first-order chi connectivity index (χ1) is 14.1. The zero-order valence-electron chi connectivity index (χ0n) is 16.4. The van der Waals surface area contributed by atoms with Gasteiger partial charge in [-0.05, 0) is 44.0 Å². The molecule has 0 bridgehead atoms. The topological polar surface area (TPSA) is 75.0 Å². The van der Waals surface area contributed by atoms with Crippen molar-refractivity contribution >= 4 is 29.4 Å². The van der Waals surface area contributed by atoms with Crippen LogP contribution >= 0.6 is 11.8 Å². The number of thioether (sulfide) groups is 1. The number of ether oxygens (including phenoxy) is 1. The predicted molar refractivity (Wildman–Crippen MR) is 112 cm³/mol. The van der Waals surface area contributed by atoms with E-state index in [0.29, 0.717) is 43.4 Å². The molecule has 1 N–H and O–H groups in total. The summed E-state index contributed by atoms with van der Waals surface area (Å²) in [6.45, 7) is 4.35. The van der Waals surface area contributed by atoms with Crippen LogP contribution in [-0.2, 0) is 0 Å². The minimum atomic E-state index is -0.260. The summed E-state index contributed by atoms with van der Waals surface area (Å²) in [5.74, 6) is 1.88. The number of piperidine rings is 1. The molecule has 7 nitrogen and oxygen atoms in total. The van der Waals surface area contributed by atoms with Gasteiger partial charge in [-0.3, -0.25) is 4.79 Å². The molecule has 8 heteroatoms. The van der Waals surface area contributed by atoms with Crippen molar-refractivity contribution in [3.63, 3.8) is 0 Å². The van der Waals surface area contributed by atoms with E-state index in [1.54, 1.807) is 12.1 Å². The SMILES string of the molecule is CCOc1ccccc1NC(=O)N1CCC2(CC1)SCCN2C(=O)c1ccco1. The molecule has 2 saturated heterocycles. The maximum atomic E-state index is 12.8. The van der Waals surface area contributed by atoms with Crippen LogP contribution in [0, 0.1) is 0 Å². The monoisotopic (exact) mass is 415 g/mol. The summed E-state index contributed by atoms with van der Waals surface area (Å²) in [6.07, 6.45) is 3.01. The lowest BCUT2D eigenvalue weighted by Crippen LogP contribution is -2.54. The lowest BCUT2D eigenvalue weighted by molar-refractivity contribution is 0.0554. The molecule has 4 rings (SSSR count). The first kappa shape index (κ1) is 19.7. The van der Waals surface area contributed by atoms with Crippen LogP contribution in [0.25, 0.3) is 0 Å². The number of carbonyl (C=O) groups excluding carboxylic acids is 2. The van der Waals surface area contributed by atoms with Crippen LogP contribution < -0.4 is 10.1 Å². The van der Waals surface area contributed by atoms with Crippen molar-refractivity contribution in [1.29, 1.82) is 0 Å². The smallest absolute Gasteiger partial charge is 0.321 e. The van der Waals surface area contributed by atoms with Gasteiger partial charge >= 0.3 is 6.03 Å². The van der Waals surface area contributed by atoms with Crippen LogP contribution in [0.2, 0.25) is 0 Å². The number of anilines is 1. The first-order valence-electron chi connectivity index (χ1n) is 9.90. The highest BCUT2D eigenvalue weighted by molar-refractivity contribution is 8.00. The molecule has 1 aromatic heterocycles. The van der Waals surface area contributed by atoms with Gasteiger partial charge in [-0.2, -0.15) is 0 Å². The average molecular weight is 416 g/mol. The van der Waals surface area contributed by atoms with Gasteiger partial charge in [-0.25, -0.2) is 4.79 Å². The highest BCUT2D eigenvalue weighted by Gasteiger charge is 2.47. The van der Waals surface area contributed by atoms with Crippen molar-refractivity contribution in [3.05, 3.63) is 48.4 Å². The van der Waals surface area contributed by atoms with Gasteiger partial charge in [0, 0.05) is 25.4 Å². The third-order valence-corrected chi connectivity index (χ3v) is 6.97. The molecule has 154 valence electrons. The van der Waals surface area contributed by atoms with Crippen molar-refractivity contribution in [3.8, 4) is 5.75 Å². The zero-order valence-corrected chi connectivity index (χ0v) is 17.2. The van der Waals surface area contributed by atoms with Crippen LogP contribution in [0.4, 0.5) is 10.5 Å². The van der Waals surface area contributed by atoms with Crippen molar-refractivity contribution in [2.75, 3.05) is 37.3 Å². The minimum absolute atomic E-state index is 0.0662. The molecule has 29 heavy (non-hydrogen) atoms. The number of likely N-dealkylation sites (tertiary alicyclic amines) is 1. The van der Waals surface area contributed by atoms with Gasteiger partial charge in [0.2, 0.25) is 0 Å². The fraction of sp³-hybridized carbons (Fsp3) is 0.429. The van der Waals surface area contributed by atoms with E-state index in [1.807, 2.05) is 52.8 Å². The first-order valence-corrected chi connectivity index (χ1v) is 10.9. The Morgan fingerprint density at radius 1 is 1.17 bits per heavy atom. The molecule has 3 heterocycles. The molecular formula is C21H25N3O4S. The zero-order chi connectivity index (χ0) is 20.3. The molecule has 2 fully saturated rings. The summed E-state index contributed by atoms with van der Waals surface area (Å²) in [6, 6.07) is 10.7. The van der Waals surface area contributed by atoms with E-state index in [-0.39, 0.29) is 16.8 Å². The van der Waals surface area contributed by atoms with Gasteiger partial charge in [0.05, 0.1) is 23.4 Å². The molecule has 1 spiro atoms. The van der Waals surface area contributed by atoms with Crippen LogP contribution in [0.15, 0.2) is 47.1 Å². The number of benzene rings is 1. The number of furan rings is 1. The second-order valence-corrected chi connectivity index (χ2v) is 8.53. The number of urea groups is 1. The van der Waals surface area contributed by atoms with Crippen LogP contribution in [-0.4, -0.2) is 58.6 Å². The molecule has 3 amide bonds. The summed E-state index contributed by atoms with van der Waals surface area (Å²) in [5, 5.41) is 2.96. The molecule has 0 aliphatic carbocycles. The lowest BCUT2D eigenvalue weighted by atomic mass is 10.0. The fourth-order valence-electron chi connectivity index (χ4n) is 3.95. The molecule has 2 aromatic rings. The Balaban J connectivity index is 1.40. The molecule has 0 unspecified atom stereocenters. The lowest BCUT2D eigenvalue weighted by Gasteiger charge is -2.43. The van der Waals surface area contributed by atoms with Crippen LogP contribution in [0.5, 0.6) is 5.75 Å². The van der Waals surface area contributed by atoms with Crippen LogP contribution in [0.1, 0.15) is 30.3 Å². The number of rotatable bonds is 4. The molecule has 1 aromatic carbocycles. The Morgan fingerprint density at radius 3 is 2.69 bits per heavy atom. The summed E-state index contributed by atoms with van der Waals surface area (Å²) >= 11 is 1.81. The van der Waals surface area contributed by atoms with E-state index in [1.165, 1.54) is 6.26 Å². The average Bonchev–Trinajstić information content (AvgIpc) is 3.40. The van der Waals surface area contributed by atoms with E-state index in [9.17, 15) is 9.59 Å². The Bertz CT molecular complexity index is 863.